The van der Waals surface area contributed by atoms with Gasteiger partial charge in [-0.2, -0.15) is 5.10 Å². The second-order valence-corrected chi connectivity index (χ2v) is 5.28. The van der Waals surface area contributed by atoms with Crippen LogP contribution in [-0.4, -0.2) is 16.6 Å². The van der Waals surface area contributed by atoms with Crippen molar-refractivity contribution in [3.8, 4) is 11.5 Å². The van der Waals surface area contributed by atoms with Crippen LogP contribution in [0.25, 0.3) is 0 Å². The number of ether oxygens (including phenoxy) is 2. The number of hydrogen-bond acceptors (Lipinski definition) is 4. The zero-order valence-electron chi connectivity index (χ0n) is 12.0. The summed E-state index contributed by atoms with van der Waals surface area (Å²) in [5.41, 5.74) is 2.18. The Hall–Kier alpha value is -2.17. The van der Waals surface area contributed by atoms with Crippen LogP contribution >= 0.6 is 0 Å². The molecule has 106 valence electrons. The quantitative estimate of drug-likeness (QED) is 0.928. The molecule has 1 N–H and O–H groups in total. The van der Waals surface area contributed by atoms with Crippen LogP contribution in [0.4, 0.5) is 5.69 Å². The lowest BCUT2D eigenvalue weighted by Crippen LogP contribution is -2.06. The molecular weight excluding hydrogens is 254 g/mol. The zero-order valence-corrected chi connectivity index (χ0v) is 12.0. The molecule has 0 radical (unpaired) electrons. The van der Waals surface area contributed by atoms with Crippen LogP contribution < -0.4 is 14.8 Å². The molecule has 2 heterocycles. The van der Waals surface area contributed by atoms with Crippen molar-refractivity contribution in [2.45, 2.75) is 32.9 Å². The SMILES string of the molecule is CC(Nc1cnn(C(C)C)c1)c1ccc2c(c1)OCO2. The minimum atomic E-state index is 0.175. The number of nitrogens with zero attached hydrogens (tertiary/aromatic N) is 2. The van der Waals surface area contributed by atoms with E-state index in [-0.39, 0.29) is 6.04 Å². The molecule has 1 aromatic heterocycles. The summed E-state index contributed by atoms with van der Waals surface area (Å²) >= 11 is 0. The number of nitrogens with one attached hydrogen (secondary N) is 1. The average molecular weight is 273 g/mol. The van der Waals surface area contributed by atoms with Crippen molar-refractivity contribution in [3.63, 3.8) is 0 Å². The molecule has 0 saturated carbocycles. The van der Waals surface area contributed by atoms with Crippen LogP contribution in [0.5, 0.6) is 11.5 Å². The van der Waals surface area contributed by atoms with Gasteiger partial charge in [-0.15, -0.1) is 0 Å². The molecule has 5 nitrogen and oxygen atoms in total. The summed E-state index contributed by atoms with van der Waals surface area (Å²) in [5.74, 6) is 1.63. The normalized spacial score (nSPS) is 14.6. The van der Waals surface area contributed by atoms with Gasteiger partial charge in [0.25, 0.3) is 0 Å². The Morgan fingerprint density at radius 2 is 2.00 bits per heavy atom. The molecule has 0 saturated heterocycles. The average Bonchev–Trinajstić information content (AvgIpc) is 3.05. The highest BCUT2D eigenvalue weighted by Gasteiger charge is 2.16. The first-order valence-electron chi connectivity index (χ1n) is 6.83. The Bertz CT molecular complexity index is 607. The fourth-order valence-corrected chi connectivity index (χ4v) is 2.21. The molecule has 1 aromatic carbocycles. The van der Waals surface area contributed by atoms with Gasteiger partial charge in [0.2, 0.25) is 6.79 Å². The molecule has 0 bridgehead atoms. The van der Waals surface area contributed by atoms with Crippen LogP contribution in [-0.2, 0) is 0 Å². The number of anilines is 1. The van der Waals surface area contributed by atoms with E-state index >= 15 is 0 Å². The fourth-order valence-electron chi connectivity index (χ4n) is 2.21. The molecule has 0 amide bonds. The zero-order chi connectivity index (χ0) is 14.1. The fraction of sp³-hybridized carbons (Fsp3) is 0.400. The molecule has 1 aliphatic heterocycles. The van der Waals surface area contributed by atoms with E-state index in [2.05, 4.69) is 37.3 Å². The van der Waals surface area contributed by atoms with Gasteiger partial charge >= 0.3 is 0 Å². The highest BCUT2D eigenvalue weighted by Crippen LogP contribution is 2.34. The maximum atomic E-state index is 5.41. The summed E-state index contributed by atoms with van der Waals surface area (Å²) in [7, 11) is 0. The second-order valence-electron chi connectivity index (χ2n) is 5.28. The molecule has 1 atom stereocenters. The van der Waals surface area contributed by atoms with Gasteiger partial charge in [-0.05, 0) is 38.5 Å². The van der Waals surface area contributed by atoms with Gasteiger partial charge in [-0.25, -0.2) is 0 Å². The van der Waals surface area contributed by atoms with E-state index in [0.717, 1.165) is 22.7 Å². The Morgan fingerprint density at radius 3 is 2.75 bits per heavy atom. The van der Waals surface area contributed by atoms with E-state index in [1.165, 1.54) is 0 Å². The van der Waals surface area contributed by atoms with Gasteiger partial charge in [-0.1, -0.05) is 6.07 Å². The maximum absolute atomic E-state index is 5.41. The monoisotopic (exact) mass is 273 g/mol. The van der Waals surface area contributed by atoms with Crippen LogP contribution in [0.15, 0.2) is 30.6 Å². The lowest BCUT2D eigenvalue weighted by molar-refractivity contribution is 0.174. The van der Waals surface area contributed by atoms with Gasteiger partial charge in [0, 0.05) is 18.3 Å². The van der Waals surface area contributed by atoms with Gasteiger partial charge in [-0.3, -0.25) is 4.68 Å². The summed E-state index contributed by atoms with van der Waals surface area (Å²) in [5, 5.41) is 7.77. The van der Waals surface area contributed by atoms with Crippen molar-refractivity contribution in [1.82, 2.24) is 9.78 Å². The molecule has 1 aliphatic rings. The van der Waals surface area contributed by atoms with Gasteiger partial charge < -0.3 is 14.8 Å². The summed E-state index contributed by atoms with van der Waals surface area (Å²) in [6.07, 6.45) is 3.87. The standard InChI is InChI=1S/C15H19N3O2/c1-10(2)18-8-13(7-16-18)17-11(3)12-4-5-14-15(6-12)20-9-19-14/h4-8,10-11,17H,9H2,1-3H3. The Kier molecular flexibility index (Phi) is 3.26. The van der Waals surface area contributed by atoms with Crippen molar-refractivity contribution >= 4 is 5.69 Å². The van der Waals surface area contributed by atoms with Crippen LogP contribution in [0.1, 0.15) is 38.4 Å². The largest absolute Gasteiger partial charge is 0.454 e. The first-order chi connectivity index (χ1) is 9.63. The van der Waals surface area contributed by atoms with Crippen LogP contribution in [0.3, 0.4) is 0 Å². The number of fused-ring (bicyclic) bond motifs is 1. The smallest absolute Gasteiger partial charge is 0.231 e. The maximum Gasteiger partial charge on any atom is 0.231 e. The van der Waals surface area contributed by atoms with E-state index in [4.69, 9.17) is 9.47 Å². The third kappa shape index (κ3) is 2.43. The van der Waals surface area contributed by atoms with Crippen molar-refractivity contribution in [2.24, 2.45) is 0 Å². The topological polar surface area (TPSA) is 48.3 Å². The van der Waals surface area contributed by atoms with Crippen molar-refractivity contribution in [3.05, 3.63) is 36.2 Å². The molecule has 0 fully saturated rings. The second kappa shape index (κ2) is 5.07. The molecule has 20 heavy (non-hydrogen) atoms. The summed E-state index contributed by atoms with van der Waals surface area (Å²) < 4.78 is 12.7. The van der Waals surface area contributed by atoms with Gasteiger partial charge in [0.1, 0.15) is 0 Å². The molecule has 1 unspecified atom stereocenters. The molecule has 0 aliphatic carbocycles. The first-order valence-corrected chi connectivity index (χ1v) is 6.83. The van der Waals surface area contributed by atoms with Gasteiger partial charge in [0.05, 0.1) is 11.9 Å². The minimum absolute atomic E-state index is 0.175. The number of benzene rings is 1. The van der Waals surface area contributed by atoms with E-state index in [1.54, 1.807) is 0 Å². The van der Waals surface area contributed by atoms with Crippen LogP contribution in [0.2, 0.25) is 0 Å². The van der Waals surface area contributed by atoms with Crippen molar-refractivity contribution < 1.29 is 9.47 Å². The van der Waals surface area contributed by atoms with E-state index in [1.807, 2.05) is 29.2 Å². The Labute approximate surface area is 118 Å². The minimum Gasteiger partial charge on any atom is -0.454 e. The third-order valence-electron chi connectivity index (χ3n) is 3.41. The summed E-state index contributed by atoms with van der Waals surface area (Å²) in [4.78, 5) is 0. The number of hydrogen-bond donors (Lipinski definition) is 1. The van der Waals surface area contributed by atoms with Gasteiger partial charge in [0.15, 0.2) is 11.5 Å². The molecule has 0 spiro atoms. The molecule has 2 aromatic rings. The van der Waals surface area contributed by atoms with Crippen LogP contribution in [0, 0.1) is 0 Å². The highest BCUT2D eigenvalue weighted by molar-refractivity contribution is 5.48. The Balaban J connectivity index is 1.73. The third-order valence-corrected chi connectivity index (χ3v) is 3.41. The first kappa shape index (κ1) is 12.8. The van der Waals surface area contributed by atoms with Crippen molar-refractivity contribution in [2.75, 3.05) is 12.1 Å². The molecule has 5 heteroatoms. The number of aromatic nitrogens is 2. The van der Waals surface area contributed by atoms with E-state index < -0.39 is 0 Å². The predicted molar refractivity (Wildman–Crippen MR) is 77.2 cm³/mol. The van der Waals surface area contributed by atoms with E-state index in [0.29, 0.717) is 12.8 Å². The summed E-state index contributed by atoms with van der Waals surface area (Å²) in [6, 6.07) is 6.57. The number of rotatable bonds is 4. The predicted octanol–water partition coefficient (Wildman–Crippen LogP) is 3.37. The molecular formula is C15H19N3O2. The van der Waals surface area contributed by atoms with Crippen molar-refractivity contribution in [1.29, 1.82) is 0 Å². The highest BCUT2D eigenvalue weighted by atomic mass is 16.7. The Morgan fingerprint density at radius 1 is 1.20 bits per heavy atom. The lowest BCUT2D eigenvalue weighted by Gasteiger charge is -2.14. The van der Waals surface area contributed by atoms with E-state index in [9.17, 15) is 0 Å². The molecule has 3 rings (SSSR count). The lowest BCUT2D eigenvalue weighted by atomic mass is 10.1. The summed E-state index contributed by atoms with van der Waals surface area (Å²) in [6.45, 7) is 6.64.